The predicted octanol–water partition coefficient (Wildman–Crippen LogP) is 3.04. The summed E-state index contributed by atoms with van der Waals surface area (Å²) < 4.78 is 10.6. The van der Waals surface area contributed by atoms with Crippen LogP contribution in [0.15, 0.2) is 60.7 Å². The largest absolute Gasteiger partial charge is 0.459 e. The van der Waals surface area contributed by atoms with E-state index < -0.39 is 48.0 Å². The number of nitrogens with one attached hydrogen (secondary N) is 3. The van der Waals surface area contributed by atoms with Crippen LogP contribution in [0, 0.1) is 11.8 Å². The molecule has 0 aromatic heterocycles. The van der Waals surface area contributed by atoms with E-state index in [9.17, 15) is 29.1 Å². The molecule has 0 saturated carbocycles. The maximum absolute atomic E-state index is 12.9. The van der Waals surface area contributed by atoms with Crippen LogP contribution in [0.4, 0.5) is 4.79 Å². The lowest BCUT2D eigenvalue weighted by molar-refractivity contribution is -0.149. The van der Waals surface area contributed by atoms with Crippen molar-refractivity contribution in [3.05, 3.63) is 71.8 Å². The highest BCUT2D eigenvalue weighted by molar-refractivity contribution is 5.89. The van der Waals surface area contributed by atoms with Crippen molar-refractivity contribution in [3.63, 3.8) is 0 Å². The number of carbonyl (C=O) groups excluding carboxylic acids is 5. The number of hydrogen-bond acceptors (Lipinski definition) is 8. The number of alkyl carbamates (subject to hydrolysis) is 1. The molecule has 0 fully saturated rings. The van der Waals surface area contributed by atoms with Crippen LogP contribution in [0.5, 0.6) is 0 Å². The van der Waals surface area contributed by atoms with E-state index in [1.807, 2.05) is 43.3 Å². The van der Waals surface area contributed by atoms with Gasteiger partial charge in [0.15, 0.2) is 0 Å². The smallest absolute Gasteiger partial charge is 0.408 e. The first-order valence-electron chi connectivity index (χ1n) is 14.5. The quantitative estimate of drug-likeness (QED) is 0.116. The number of esters is 1. The summed E-state index contributed by atoms with van der Waals surface area (Å²) in [7, 11) is 0. The van der Waals surface area contributed by atoms with E-state index in [-0.39, 0.29) is 32.1 Å². The summed E-state index contributed by atoms with van der Waals surface area (Å²) in [5.41, 5.74) is 1.57. The Morgan fingerprint density at radius 2 is 1.42 bits per heavy atom. The van der Waals surface area contributed by atoms with E-state index in [1.54, 1.807) is 31.2 Å². The number of unbranched alkanes of at least 4 members (excludes halogenated alkanes) is 1. The van der Waals surface area contributed by atoms with E-state index in [0.29, 0.717) is 25.5 Å². The Kier molecular flexibility index (Phi) is 15.5. The molecule has 2 aromatic carbocycles. The van der Waals surface area contributed by atoms with Gasteiger partial charge in [0.1, 0.15) is 37.7 Å². The number of rotatable bonds is 18. The van der Waals surface area contributed by atoms with Crippen LogP contribution < -0.4 is 16.0 Å². The second kappa shape index (κ2) is 19.0. The third-order valence-electron chi connectivity index (χ3n) is 7.08. The molecule has 0 aliphatic heterocycles. The van der Waals surface area contributed by atoms with Gasteiger partial charge < -0.3 is 35.3 Å². The standard InChI is InChI=1S/C32H43N3O8/c1-4-22(2)26(19-36)28(37)30(39)33-18-12-11-17-27(31(40)42-20-24-13-7-5-8-14-24)35-29(38)23(3)34-32(41)43-21-25-15-9-6-10-16-25/h5-10,13-16,19,22-23,26-28,37H,4,11-12,17-18,20-21H2,1-3H3,(H,33,39)(H,34,41)(H,35,38)/t22-,23+,26-,27-,28-/m0/s1. The zero-order valence-electron chi connectivity index (χ0n) is 25.0. The summed E-state index contributed by atoms with van der Waals surface area (Å²) in [6, 6.07) is 16.2. The third kappa shape index (κ3) is 12.7. The summed E-state index contributed by atoms with van der Waals surface area (Å²) in [6.45, 7) is 5.40. The van der Waals surface area contributed by atoms with Crippen molar-refractivity contribution in [1.82, 2.24) is 16.0 Å². The average Bonchev–Trinajstić information content (AvgIpc) is 3.02. The molecule has 0 unspecified atom stereocenters. The Hall–Kier alpha value is -4.25. The molecule has 5 atom stereocenters. The Labute approximate surface area is 252 Å². The van der Waals surface area contributed by atoms with Crippen molar-refractivity contribution in [2.24, 2.45) is 11.8 Å². The normalized spacial score (nSPS) is 14.2. The van der Waals surface area contributed by atoms with Gasteiger partial charge in [-0.1, -0.05) is 80.9 Å². The maximum atomic E-state index is 12.9. The highest BCUT2D eigenvalue weighted by atomic mass is 16.5. The monoisotopic (exact) mass is 597 g/mol. The van der Waals surface area contributed by atoms with Gasteiger partial charge in [-0.05, 0) is 43.2 Å². The van der Waals surface area contributed by atoms with Gasteiger partial charge in [-0.15, -0.1) is 0 Å². The third-order valence-corrected chi connectivity index (χ3v) is 7.08. The van der Waals surface area contributed by atoms with Crippen molar-refractivity contribution in [1.29, 1.82) is 0 Å². The molecule has 0 aliphatic rings. The zero-order valence-corrected chi connectivity index (χ0v) is 25.0. The van der Waals surface area contributed by atoms with E-state index >= 15 is 0 Å². The average molecular weight is 598 g/mol. The number of aldehydes is 1. The number of ether oxygens (including phenoxy) is 2. The van der Waals surface area contributed by atoms with Crippen molar-refractivity contribution in [2.75, 3.05) is 6.54 Å². The minimum absolute atomic E-state index is 0.0215. The second-order valence-electron chi connectivity index (χ2n) is 10.4. The Morgan fingerprint density at radius 3 is 1.98 bits per heavy atom. The molecule has 4 N–H and O–H groups in total. The fraction of sp³-hybridized carbons (Fsp3) is 0.469. The topological polar surface area (TPSA) is 160 Å². The van der Waals surface area contributed by atoms with Crippen molar-refractivity contribution >= 4 is 30.2 Å². The van der Waals surface area contributed by atoms with Gasteiger partial charge in [0.25, 0.3) is 0 Å². The lowest BCUT2D eigenvalue weighted by atomic mass is 9.88. The lowest BCUT2D eigenvalue weighted by Gasteiger charge is -2.22. The molecule has 43 heavy (non-hydrogen) atoms. The number of hydrogen-bond donors (Lipinski definition) is 4. The second-order valence-corrected chi connectivity index (χ2v) is 10.4. The van der Waals surface area contributed by atoms with E-state index in [0.717, 1.165) is 11.1 Å². The molecule has 3 amide bonds. The first-order chi connectivity index (χ1) is 20.7. The van der Waals surface area contributed by atoms with Gasteiger partial charge in [0, 0.05) is 6.54 Å². The van der Waals surface area contributed by atoms with Crippen molar-refractivity contribution < 1.29 is 38.6 Å². The van der Waals surface area contributed by atoms with Crippen LogP contribution in [-0.2, 0) is 41.9 Å². The van der Waals surface area contributed by atoms with E-state index in [1.165, 1.54) is 6.92 Å². The number of amides is 3. The van der Waals surface area contributed by atoms with Crippen LogP contribution >= 0.6 is 0 Å². The molecule has 0 bridgehead atoms. The fourth-order valence-corrected chi connectivity index (χ4v) is 4.14. The SMILES string of the molecule is CC[C@H](C)[C@H](C=O)[C@H](O)C(=O)NCCCC[C@H](NC(=O)[C@@H](C)NC(=O)OCc1ccccc1)C(=O)OCc1ccccc1. The molecule has 11 nitrogen and oxygen atoms in total. The summed E-state index contributed by atoms with van der Waals surface area (Å²) in [4.78, 5) is 61.7. The Bertz CT molecular complexity index is 1160. The fourth-order valence-electron chi connectivity index (χ4n) is 4.14. The van der Waals surface area contributed by atoms with Crippen LogP contribution in [0.3, 0.4) is 0 Å². The maximum Gasteiger partial charge on any atom is 0.408 e. The van der Waals surface area contributed by atoms with Crippen LogP contribution in [0.1, 0.15) is 57.6 Å². The minimum Gasteiger partial charge on any atom is -0.459 e. The molecule has 2 rings (SSSR count). The lowest BCUT2D eigenvalue weighted by Crippen LogP contribution is -2.50. The van der Waals surface area contributed by atoms with Gasteiger partial charge >= 0.3 is 12.1 Å². The van der Waals surface area contributed by atoms with Crippen LogP contribution in [0.2, 0.25) is 0 Å². The zero-order chi connectivity index (χ0) is 31.6. The van der Waals surface area contributed by atoms with Gasteiger partial charge in [0.05, 0.1) is 5.92 Å². The minimum atomic E-state index is -1.44. The number of aliphatic hydroxyl groups is 1. The molecule has 0 radical (unpaired) electrons. The molecule has 0 heterocycles. The molecule has 0 saturated heterocycles. The van der Waals surface area contributed by atoms with E-state index in [4.69, 9.17) is 9.47 Å². The van der Waals surface area contributed by atoms with Crippen LogP contribution in [-0.4, -0.2) is 60.0 Å². The first kappa shape index (κ1) is 34.9. The van der Waals surface area contributed by atoms with Crippen LogP contribution in [0.25, 0.3) is 0 Å². The highest BCUT2D eigenvalue weighted by Crippen LogP contribution is 2.17. The number of aliphatic hydroxyl groups excluding tert-OH is 1. The molecule has 2 aromatic rings. The molecular weight excluding hydrogens is 554 g/mol. The highest BCUT2D eigenvalue weighted by Gasteiger charge is 2.29. The Morgan fingerprint density at radius 1 is 0.837 bits per heavy atom. The van der Waals surface area contributed by atoms with Gasteiger partial charge in [-0.2, -0.15) is 0 Å². The van der Waals surface area contributed by atoms with Crippen molar-refractivity contribution in [3.8, 4) is 0 Å². The number of carbonyl (C=O) groups is 5. The summed E-state index contributed by atoms with van der Waals surface area (Å²) in [5.74, 6) is -2.82. The summed E-state index contributed by atoms with van der Waals surface area (Å²) in [5, 5.41) is 18.0. The molecule has 0 spiro atoms. The van der Waals surface area contributed by atoms with Crippen molar-refractivity contribution in [2.45, 2.75) is 77.9 Å². The van der Waals surface area contributed by atoms with E-state index in [2.05, 4.69) is 16.0 Å². The Balaban J connectivity index is 1.89. The van der Waals surface area contributed by atoms with Gasteiger partial charge in [0.2, 0.25) is 11.8 Å². The first-order valence-corrected chi connectivity index (χ1v) is 14.5. The van der Waals surface area contributed by atoms with Gasteiger partial charge in [-0.3, -0.25) is 9.59 Å². The molecule has 11 heteroatoms. The molecular formula is C32H43N3O8. The molecule has 234 valence electrons. The summed E-state index contributed by atoms with van der Waals surface area (Å²) in [6.07, 6.45) is 0.0813. The molecule has 0 aliphatic carbocycles. The number of benzene rings is 2. The predicted molar refractivity (Wildman–Crippen MR) is 159 cm³/mol. The summed E-state index contributed by atoms with van der Waals surface area (Å²) >= 11 is 0. The van der Waals surface area contributed by atoms with Gasteiger partial charge in [-0.25, -0.2) is 9.59 Å².